The summed E-state index contributed by atoms with van der Waals surface area (Å²) in [5.41, 5.74) is 5.55. The van der Waals surface area contributed by atoms with Gasteiger partial charge in [0.25, 0.3) is 11.8 Å². The first-order valence-electron chi connectivity index (χ1n) is 12.9. The monoisotopic (exact) mass is 540 g/mol. The molecule has 4 N–H and O–H groups in total. The quantitative estimate of drug-likeness (QED) is 0.212. The van der Waals surface area contributed by atoms with Gasteiger partial charge in [0.05, 0.1) is 29.5 Å². The second-order valence-corrected chi connectivity index (χ2v) is 9.91. The Morgan fingerprint density at radius 2 is 1.80 bits per heavy atom. The number of rotatable bonds is 7. The van der Waals surface area contributed by atoms with E-state index in [1.54, 1.807) is 55.5 Å². The number of H-pyrrole nitrogens is 1. The molecule has 2 aromatic heterocycles. The number of anilines is 2. The molecule has 204 valence electrons. The van der Waals surface area contributed by atoms with E-state index < -0.39 is 5.92 Å². The molecule has 0 radical (unpaired) electrons. The van der Waals surface area contributed by atoms with Crippen LogP contribution in [0.2, 0.25) is 0 Å². The highest BCUT2D eigenvalue weighted by atomic mass is 19.1. The maximum Gasteiger partial charge on any atom is 0.256 e. The summed E-state index contributed by atoms with van der Waals surface area (Å²) >= 11 is 0. The van der Waals surface area contributed by atoms with Crippen molar-refractivity contribution in [3.8, 4) is 0 Å². The van der Waals surface area contributed by atoms with E-state index in [1.807, 2.05) is 20.8 Å². The van der Waals surface area contributed by atoms with Gasteiger partial charge in [0.1, 0.15) is 11.6 Å². The Kier molecular flexibility index (Phi) is 7.13. The molecular weight excluding hydrogens is 511 g/mol. The number of benzene rings is 2. The molecule has 0 fully saturated rings. The van der Waals surface area contributed by atoms with Crippen LogP contribution in [0.4, 0.5) is 15.8 Å². The van der Waals surface area contributed by atoms with Gasteiger partial charge in [-0.05, 0) is 87.4 Å². The second kappa shape index (κ2) is 10.7. The maximum atomic E-state index is 13.3. The SMILES string of the molecule is Cc1[nH]c(/C=C2\C(=O)Nc3ccc(C(=O)NC(C)c4ccc(F)cc4)cc32)c(C)c1NC(=O)C(C)c1ccco1. The number of hydrogen-bond acceptors (Lipinski definition) is 4. The van der Waals surface area contributed by atoms with Gasteiger partial charge in [-0.3, -0.25) is 14.4 Å². The molecule has 8 nitrogen and oxygen atoms in total. The molecule has 0 spiro atoms. The number of nitrogens with one attached hydrogen (secondary N) is 4. The number of hydrogen-bond donors (Lipinski definition) is 4. The number of furan rings is 1. The van der Waals surface area contributed by atoms with Gasteiger partial charge in [-0.1, -0.05) is 12.1 Å². The van der Waals surface area contributed by atoms with Gasteiger partial charge in [0.2, 0.25) is 5.91 Å². The van der Waals surface area contributed by atoms with Gasteiger partial charge in [0.15, 0.2) is 0 Å². The van der Waals surface area contributed by atoms with Crippen LogP contribution in [0.3, 0.4) is 0 Å². The average Bonchev–Trinajstić information content (AvgIpc) is 3.64. The first-order chi connectivity index (χ1) is 19.1. The van der Waals surface area contributed by atoms with Crippen LogP contribution in [0.25, 0.3) is 11.6 Å². The molecular formula is C31H29FN4O4. The lowest BCUT2D eigenvalue weighted by molar-refractivity contribution is -0.117. The predicted molar refractivity (Wildman–Crippen MR) is 151 cm³/mol. The van der Waals surface area contributed by atoms with Crippen LogP contribution >= 0.6 is 0 Å². The third-order valence-corrected chi connectivity index (χ3v) is 7.16. The number of aryl methyl sites for hydroxylation is 1. The van der Waals surface area contributed by atoms with E-state index in [2.05, 4.69) is 20.9 Å². The van der Waals surface area contributed by atoms with Crippen molar-refractivity contribution in [3.63, 3.8) is 0 Å². The van der Waals surface area contributed by atoms with Gasteiger partial charge < -0.3 is 25.4 Å². The lowest BCUT2D eigenvalue weighted by Crippen LogP contribution is -2.26. The Labute approximate surface area is 230 Å². The first-order valence-corrected chi connectivity index (χ1v) is 12.9. The number of fused-ring (bicyclic) bond motifs is 1. The fourth-order valence-corrected chi connectivity index (χ4v) is 4.74. The summed E-state index contributed by atoms with van der Waals surface area (Å²) < 4.78 is 18.6. The van der Waals surface area contributed by atoms with Crippen molar-refractivity contribution >= 4 is 40.7 Å². The summed E-state index contributed by atoms with van der Waals surface area (Å²) in [5, 5.41) is 8.72. The fourth-order valence-electron chi connectivity index (χ4n) is 4.74. The zero-order valence-electron chi connectivity index (χ0n) is 22.5. The standard InChI is InChI=1S/C31H29FN4O4/c1-16-26(33-19(4)28(16)36-29(37)17(2)27-6-5-13-40-27)15-24-23-14-21(9-12-25(23)35-31(24)39)30(38)34-18(3)20-7-10-22(32)11-8-20/h5-15,17-18,33H,1-4H3,(H,34,38)(H,35,39)(H,36,37)/b24-15-. The topological polar surface area (TPSA) is 116 Å². The van der Waals surface area contributed by atoms with Gasteiger partial charge in [0, 0.05) is 28.2 Å². The summed E-state index contributed by atoms with van der Waals surface area (Å²) in [4.78, 5) is 42.0. The van der Waals surface area contributed by atoms with Crippen molar-refractivity contribution < 1.29 is 23.2 Å². The molecule has 2 unspecified atom stereocenters. The summed E-state index contributed by atoms with van der Waals surface area (Å²) in [6.07, 6.45) is 3.25. The normalized spacial score (nSPS) is 14.9. The van der Waals surface area contributed by atoms with Crippen LogP contribution in [-0.4, -0.2) is 22.7 Å². The third kappa shape index (κ3) is 5.18. The van der Waals surface area contributed by atoms with Crippen molar-refractivity contribution in [1.29, 1.82) is 0 Å². The number of amides is 3. The van der Waals surface area contributed by atoms with Crippen LogP contribution in [0.1, 0.15) is 70.0 Å². The molecule has 3 heterocycles. The molecule has 40 heavy (non-hydrogen) atoms. The van der Waals surface area contributed by atoms with E-state index >= 15 is 0 Å². The average molecular weight is 541 g/mol. The molecule has 1 aliphatic rings. The van der Waals surface area contributed by atoms with Gasteiger partial charge in [-0.25, -0.2) is 4.39 Å². The molecule has 0 saturated heterocycles. The van der Waals surface area contributed by atoms with Crippen molar-refractivity contribution in [2.75, 3.05) is 10.6 Å². The molecule has 4 aromatic rings. The molecule has 5 rings (SSSR count). The van der Waals surface area contributed by atoms with Crippen LogP contribution in [0, 0.1) is 19.7 Å². The smallest absolute Gasteiger partial charge is 0.256 e. The number of carbonyl (C=O) groups is 3. The van der Waals surface area contributed by atoms with Gasteiger partial charge >= 0.3 is 0 Å². The minimum atomic E-state index is -0.478. The van der Waals surface area contributed by atoms with E-state index in [-0.39, 0.29) is 29.6 Å². The van der Waals surface area contributed by atoms with E-state index in [0.717, 1.165) is 16.8 Å². The zero-order chi connectivity index (χ0) is 28.6. The minimum absolute atomic E-state index is 0.214. The first kappa shape index (κ1) is 26.7. The minimum Gasteiger partial charge on any atom is -0.469 e. The van der Waals surface area contributed by atoms with Gasteiger partial charge in [-0.2, -0.15) is 0 Å². The summed E-state index contributed by atoms with van der Waals surface area (Å²) in [6, 6.07) is 14.1. The highest BCUT2D eigenvalue weighted by Crippen LogP contribution is 2.36. The van der Waals surface area contributed by atoms with E-state index in [0.29, 0.717) is 39.5 Å². The Morgan fingerprint density at radius 3 is 2.50 bits per heavy atom. The Morgan fingerprint density at radius 1 is 1.05 bits per heavy atom. The lowest BCUT2D eigenvalue weighted by Gasteiger charge is -2.15. The number of aromatic nitrogens is 1. The summed E-state index contributed by atoms with van der Waals surface area (Å²) in [5.74, 6) is -1.08. The van der Waals surface area contributed by atoms with Crippen molar-refractivity contribution in [1.82, 2.24) is 10.3 Å². The number of carbonyl (C=O) groups excluding carboxylic acids is 3. The third-order valence-electron chi connectivity index (χ3n) is 7.16. The molecule has 0 aliphatic carbocycles. The molecule has 1 aliphatic heterocycles. The van der Waals surface area contributed by atoms with Gasteiger partial charge in [-0.15, -0.1) is 0 Å². The highest BCUT2D eigenvalue weighted by molar-refractivity contribution is 6.35. The molecule has 9 heteroatoms. The highest BCUT2D eigenvalue weighted by Gasteiger charge is 2.27. The Balaban J connectivity index is 1.38. The van der Waals surface area contributed by atoms with Crippen LogP contribution in [0.15, 0.2) is 65.3 Å². The van der Waals surface area contributed by atoms with Crippen LogP contribution in [-0.2, 0) is 9.59 Å². The molecule has 2 aromatic carbocycles. The van der Waals surface area contributed by atoms with Crippen molar-refractivity contribution in [2.45, 2.75) is 39.7 Å². The lowest BCUT2D eigenvalue weighted by atomic mass is 10.0. The van der Waals surface area contributed by atoms with E-state index in [9.17, 15) is 18.8 Å². The second-order valence-electron chi connectivity index (χ2n) is 9.91. The van der Waals surface area contributed by atoms with Crippen LogP contribution in [0.5, 0.6) is 0 Å². The number of aromatic amines is 1. The summed E-state index contributed by atoms with van der Waals surface area (Å²) in [6.45, 7) is 7.28. The Hall–Kier alpha value is -4.92. The maximum absolute atomic E-state index is 13.3. The van der Waals surface area contributed by atoms with E-state index in [4.69, 9.17) is 4.42 Å². The molecule has 0 bridgehead atoms. The largest absolute Gasteiger partial charge is 0.469 e. The van der Waals surface area contributed by atoms with Crippen molar-refractivity contribution in [3.05, 3.63) is 106 Å². The van der Waals surface area contributed by atoms with Crippen LogP contribution < -0.4 is 16.0 Å². The summed E-state index contributed by atoms with van der Waals surface area (Å²) in [7, 11) is 0. The fraction of sp³-hybridized carbons (Fsp3) is 0.194. The van der Waals surface area contributed by atoms with E-state index in [1.165, 1.54) is 18.4 Å². The molecule has 0 saturated carbocycles. The Bertz CT molecular complexity index is 1630. The molecule has 2 atom stereocenters. The number of halogens is 1. The van der Waals surface area contributed by atoms with Crippen molar-refractivity contribution in [2.24, 2.45) is 0 Å². The zero-order valence-corrected chi connectivity index (χ0v) is 22.5. The predicted octanol–water partition coefficient (Wildman–Crippen LogP) is 6.09. The molecule has 3 amide bonds.